The summed E-state index contributed by atoms with van der Waals surface area (Å²) in [7, 11) is 0. The van der Waals surface area contributed by atoms with Gasteiger partial charge in [0.2, 0.25) is 5.82 Å². The molecule has 0 spiro atoms. The molecule has 0 aliphatic heterocycles. The van der Waals surface area contributed by atoms with Crippen LogP contribution in [0.5, 0.6) is 0 Å². The smallest absolute Gasteiger partial charge is 0.312 e. The molecule has 104 valence electrons. The van der Waals surface area contributed by atoms with Gasteiger partial charge in [0.1, 0.15) is 0 Å². The van der Waals surface area contributed by atoms with Crippen molar-refractivity contribution in [3.63, 3.8) is 0 Å². The van der Waals surface area contributed by atoms with Gasteiger partial charge in [-0.25, -0.2) is 4.98 Å². The molecule has 0 fully saturated rings. The summed E-state index contributed by atoms with van der Waals surface area (Å²) in [5, 5.41) is 22.4. The van der Waals surface area contributed by atoms with Crippen molar-refractivity contribution < 1.29 is 14.8 Å². The van der Waals surface area contributed by atoms with Crippen molar-refractivity contribution in [2.75, 3.05) is 11.9 Å². The standard InChI is InChI=1S/C11H14ClN3O4/c1-7(2-3-10(16)17)5-13-11-9(15(18)19)4-8(12)6-14-11/h4,6-7H,2-3,5H2,1H3,(H,13,14)(H,16,17). The quantitative estimate of drug-likeness (QED) is 0.590. The number of nitrogens with one attached hydrogen (secondary N) is 1. The van der Waals surface area contributed by atoms with Gasteiger partial charge < -0.3 is 10.4 Å². The Morgan fingerprint density at radius 1 is 1.68 bits per heavy atom. The summed E-state index contributed by atoms with van der Waals surface area (Å²) in [5.74, 6) is -0.660. The van der Waals surface area contributed by atoms with Crippen molar-refractivity contribution >= 4 is 29.1 Å². The number of nitrogens with zero attached hydrogens (tertiary/aromatic N) is 2. The number of hydrogen-bond donors (Lipinski definition) is 2. The van der Waals surface area contributed by atoms with Crippen LogP contribution >= 0.6 is 11.6 Å². The van der Waals surface area contributed by atoms with Gasteiger partial charge in [0.15, 0.2) is 0 Å². The summed E-state index contributed by atoms with van der Waals surface area (Å²) in [6, 6.07) is 1.22. The number of carboxylic acid groups (broad SMARTS) is 1. The number of carboxylic acids is 1. The molecule has 8 heteroatoms. The number of hydrogen-bond acceptors (Lipinski definition) is 5. The monoisotopic (exact) mass is 287 g/mol. The average Bonchev–Trinajstić information content (AvgIpc) is 2.34. The fourth-order valence-corrected chi connectivity index (χ4v) is 1.60. The van der Waals surface area contributed by atoms with Crippen molar-refractivity contribution in [1.29, 1.82) is 0 Å². The van der Waals surface area contributed by atoms with Gasteiger partial charge in [-0.3, -0.25) is 14.9 Å². The highest BCUT2D eigenvalue weighted by atomic mass is 35.5. The van der Waals surface area contributed by atoms with E-state index in [-0.39, 0.29) is 28.9 Å². The molecule has 1 aromatic rings. The number of halogens is 1. The summed E-state index contributed by atoms with van der Waals surface area (Å²) >= 11 is 5.65. The second-order valence-corrected chi connectivity index (χ2v) is 4.63. The number of rotatable bonds is 7. The molecule has 1 aromatic heterocycles. The van der Waals surface area contributed by atoms with Crippen LogP contribution in [0, 0.1) is 16.0 Å². The first kappa shape index (κ1) is 15.2. The van der Waals surface area contributed by atoms with Crippen molar-refractivity contribution in [1.82, 2.24) is 4.98 Å². The van der Waals surface area contributed by atoms with Crippen LogP contribution in [0.2, 0.25) is 5.02 Å². The van der Waals surface area contributed by atoms with Gasteiger partial charge in [-0.1, -0.05) is 18.5 Å². The number of carbonyl (C=O) groups is 1. The van der Waals surface area contributed by atoms with E-state index in [4.69, 9.17) is 16.7 Å². The van der Waals surface area contributed by atoms with Gasteiger partial charge in [-0.05, 0) is 12.3 Å². The highest BCUT2D eigenvalue weighted by Crippen LogP contribution is 2.25. The maximum atomic E-state index is 10.8. The normalized spacial score (nSPS) is 11.9. The lowest BCUT2D eigenvalue weighted by Gasteiger charge is -2.11. The Kier molecular flexibility index (Phi) is 5.50. The Bertz CT molecular complexity index is 481. The minimum absolute atomic E-state index is 0.0631. The van der Waals surface area contributed by atoms with Crippen LogP contribution < -0.4 is 5.32 Å². The predicted molar refractivity (Wildman–Crippen MR) is 70.4 cm³/mol. The van der Waals surface area contributed by atoms with E-state index < -0.39 is 10.9 Å². The van der Waals surface area contributed by atoms with Crippen LogP contribution in [0.4, 0.5) is 11.5 Å². The molecular formula is C11H14ClN3O4. The third kappa shape index (κ3) is 5.09. The van der Waals surface area contributed by atoms with Crippen molar-refractivity contribution in [3.05, 3.63) is 27.4 Å². The highest BCUT2D eigenvalue weighted by molar-refractivity contribution is 6.30. The summed E-state index contributed by atoms with van der Waals surface area (Å²) in [6.45, 7) is 2.26. The molecular weight excluding hydrogens is 274 g/mol. The van der Waals surface area contributed by atoms with Crippen LogP contribution in [0.1, 0.15) is 19.8 Å². The molecule has 0 aromatic carbocycles. The third-order valence-electron chi connectivity index (χ3n) is 2.50. The first-order valence-electron chi connectivity index (χ1n) is 5.65. The maximum Gasteiger partial charge on any atom is 0.312 e. The lowest BCUT2D eigenvalue weighted by Crippen LogP contribution is -2.14. The molecule has 0 radical (unpaired) electrons. The molecule has 0 aliphatic rings. The van der Waals surface area contributed by atoms with Crippen LogP contribution in [-0.2, 0) is 4.79 Å². The van der Waals surface area contributed by atoms with Crippen LogP contribution in [0.3, 0.4) is 0 Å². The molecule has 1 unspecified atom stereocenters. The Labute approximate surface area is 114 Å². The van der Waals surface area contributed by atoms with Crippen molar-refractivity contribution in [2.45, 2.75) is 19.8 Å². The van der Waals surface area contributed by atoms with E-state index in [1.54, 1.807) is 0 Å². The van der Waals surface area contributed by atoms with Gasteiger partial charge in [-0.2, -0.15) is 0 Å². The summed E-state index contributed by atoms with van der Waals surface area (Å²) in [6.07, 6.45) is 1.88. The molecule has 1 atom stereocenters. The molecule has 1 rings (SSSR count). The summed E-state index contributed by atoms with van der Waals surface area (Å²) < 4.78 is 0. The summed E-state index contributed by atoms with van der Waals surface area (Å²) in [5.41, 5.74) is -0.196. The van der Waals surface area contributed by atoms with E-state index in [1.807, 2.05) is 6.92 Å². The second kappa shape index (κ2) is 6.89. The van der Waals surface area contributed by atoms with Gasteiger partial charge in [0.25, 0.3) is 0 Å². The topological polar surface area (TPSA) is 105 Å². The Hall–Kier alpha value is -1.89. The van der Waals surface area contributed by atoms with Gasteiger partial charge in [0, 0.05) is 25.2 Å². The molecule has 7 nitrogen and oxygen atoms in total. The molecule has 0 aliphatic carbocycles. The lowest BCUT2D eigenvalue weighted by atomic mass is 10.1. The molecule has 1 heterocycles. The van der Waals surface area contributed by atoms with Crippen molar-refractivity contribution in [2.24, 2.45) is 5.92 Å². The molecule has 0 saturated heterocycles. The van der Waals surface area contributed by atoms with Crippen LogP contribution in [0.15, 0.2) is 12.3 Å². The Morgan fingerprint density at radius 2 is 2.37 bits per heavy atom. The molecule has 0 amide bonds. The fourth-order valence-electron chi connectivity index (χ4n) is 1.45. The Balaban J connectivity index is 2.62. The zero-order valence-electron chi connectivity index (χ0n) is 10.3. The molecule has 19 heavy (non-hydrogen) atoms. The van der Waals surface area contributed by atoms with E-state index in [1.165, 1.54) is 12.3 Å². The van der Waals surface area contributed by atoms with E-state index in [2.05, 4.69) is 10.3 Å². The van der Waals surface area contributed by atoms with E-state index in [0.29, 0.717) is 13.0 Å². The lowest BCUT2D eigenvalue weighted by molar-refractivity contribution is -0.384. The van der Waals surface area contributed by atoms with E-state index in [0.717, 1.165) is 0 Å². The summed E-state index contributed by atoms with van der Waals surface area (Å²) in [4.78, 5) is 24.5. The van der Waals surface area contributed by atoms with Crippen LogP contribution in [-0.4, -0.2) is 27.5 Å². The first-order valence-corrected chi connectivity index (χ1v) is 6.03. The molecule has 2 N–H and O–H groups in total. The highest BCUT2D eigenvalue weighted by Gasteiger charge is 2.16. The minimum Gasteiger partial charge on any atom is -0.481 e. The zero-order chi connectivity index (χ0) is 14.4. The minimum atomic E-state index is -0.859. The number of pyridine rings is 1. The predicted octanol–water partition coefficient (Wildman–Crippen LogP) is 2.56. The first-order chi connectivity index (χ1) is 8.90. The molecule has 0 bridgehead atoms. The second-order valence-electron chi connectivity index (χ2n) is 4.20. The SMILES string of the molecule is CC(CCC(=O)O)CNc1ncc(Cl)cc1[N+](=O)[O-]. The number of aliphatic carboxylic acids is 1. The van der Waals surface area contributed by atoms with Gasteiger partial charge in [0.05, 0.1) is 9.95 Å². The molecule has 0 saturated carbocycles. The Morgan fingerprint density at radius 3 is 2.95 bits per heavy atom. The largest absolute Gasteiger partial charge is 0.481 e. The zero-order valence-corrected chi connectivity index (χ0v) is 11.1. The van der Waals surface area contributed by atoms with Gasteiger partial charge in [-0.15, -0.1) is 0 Å². The number of aromatic nitrogens is 1. The number of anilines is 1. The fraction of sp³-hybridized carbons (Fsp3) is 0.455. The van der Waals surface area contributed by atoms with Crippen LogP contribution in [0.25, 0.3) is 0 Å². The number of nitro groups is 1. The van der Waals surface area contributed by atoms with E-state index >= 15 is 0 Å². The van der Waals surface area contributed by atoms with Gasteiger partial charge >= 0.3 is 11.7 Å². The average molecular weight is 288 g/mol. The van der Waals surface area contributed by atoms with E-state index in [9.17, 15) is 14.9 Å². The van der Waals surface area contributed by atoms with Crippen molar-refractivity contribution in [3.8, 4) is 0 Å². The maximum absolute atomic E-state index is 10.8. The third-order valence-corrected chi connectivity index (χ3v) is 2.71.